The van der Waals surface area contributed by atoms with Gasteiger partial charge >= 0.3 is 5.97 Å². The van der Waals surface area contributed by atoms with E-state index in [1.54, 1.807) is 18.2 Å². The lowest BCUT2D eigenvalue weighted by molar-refractivity contribution is 0.0600. The standard InChI is InChI=1S/C16H15ClFNO3/c1-21-16(20)11-7-10(8-12(9-11)22-6-5-19)13-3-2-4-14(17)15(13)18/h2-4,7-9H,5-6,19H2,1H3. The zero-order valence-electron chi connectivity index (χ0n) is 11.9. The Bertz CT molecular complexity index is 691. The first-order chi connectivity index (χ1) is 10.6. The molecule has 0 saturated carbocycles. The lowest BCUT2D eigenvalue weighted by atomic mass is 10.0. The summed E-state index contributed by atoms with van der Waals surface area (Å²) in [5.41, 5.74) is 6.40. The first-order valence-corrected chi connectivity index (χ1v) is 6.95. The molecule has 116 valence electrons. The number of ether oxygens (including phenoxy) is 2. The van der Waals surface area contributed by atoms with Gasteiger partial charge in [0.2, 0.25) is 0 Å². The van der Waals surface area contributed by atoms with E-state index in [0.717, 1.165) is 0 Å². The molecule has 0 aliphatic heterocycles. The van der Waals surface area contributed by atoms with E-state index >= 15 is 0 Å². The van der Waals surface area contributed by atoms with Gasteiger partial charge in [0.1, 0.15) is 18.2 Å². The molecule has 0 atom stereocenters. The van der Waals surface area contributed by atoms with E-state index in [1.165, 1.54) is 25.3 Å². The van der Waals surface area contributed by atoms with Crippen LogP contribution in [0.2, 0.25) is 5.02 Å². The number of benzene rings is 2. The van der Waals surface area contributed by atoms with Crippen molar-refractivity contribution in [3.8, 4) is 16.9 Å². The summed E-state index contributed by atoms with van der Waals surface area (Å²) < 4.78 is 24.3. The lowest BCUT2D eigenvalue weighted by Crippen LogP contribution is -2.11. The third-order valence-corrected chi connectivity index (χ3v) is 3.27. The molecule has 2 aromatic rings. The minimum absolute atomic E-state index is 0.00500. The molecule has 0 unspecified atom stereocenters. The number of carbonyl (C=O) groups is 1. The summed E-state index contributed by atoms with van der Waals surface area (Å²) >= 11 is 5.80. The smallest absolute Gasteiger partial charge is 0.338 e. The Labute approximate surface area is 132 Å². The number of hydrogen-bond donors (Lipinski definition) is 1. The monoisotopic (exact) mass is 323 g/mol. The van der Waals surface area contributed by atoms with Crippen molar-refractivity contribution in [1.29, 1.82) is 0 Å². The number of methoxy groups -OCH3 is 1. The van der Waals surface area contributed by atoms with Gasteiger partial charge in [-0.1, -0.05) is 23.7 Å². The van der Waals surface area contributed by atoms with Gasteiger partial charge < -0.3 is 15.2 Å². The third kappa shape index (κ3) is 3.55. The second kappa shape index (κ2) is 7.24. The molecule has 22 heavy (non-hydrogen) atoms. The summed E-state index contributed by atoms with van der Waals surface area (Å²) in [7, 11) is 1.27. The molecule has 2 aromatic carbocycles. The maximum atomic E-state index is 14.2. The van der Waals surface area contributed by atoms with Crippen molar-refractivity contribution >= 4 is 17.6 Å². The SMILES string of the molecule is COC(=O)c1cc(OCCN)cc(-c2cccc(Cl)c2F)c1. The Morgan fingerprint density at radius 2 is 2.09 bits per heavy atom. The first kappa shape index (κ1) is 16.3. The minimum Gasteiger partial charge on any atom is -0.492 e. The van der Waals surface area contributed by atoms with Crippen molar-refractivity contribution in [2.45, 2.75) is 0 Å². The average Bonchev–Trinajstić information content (AvgIpc) is 2.54. The number of halogens is 2. The van der Waals surface area contributed by atoms with Crippen molar-refractivity contribution in [3.63, 3.8) is 0 Å². The van der Waals surface area contributed by atoms with Gasteiger partial charge in [-0.15, -0.1) is 0 Å². The van der Waals surface area contributed by atoms with E-state index in [4.69, 9.17) is 26.8 Å². The Morgan fingerprint density at radius 3 is 2.77 bits per heavy atom. The molecule has 2 N–H and O–H groups in total. The van der Waals surface area contributed by atoms with Crippen LogP contribution in [0, 0.1) is 5.82 Å². The molecule has 0 fully saturated rings. The van der Waals surface area contributed by atoms with E-state index in [1.807, 2.05) is 0 Å². The maximum absolute atomic E-state index is 14.2. The summed E-state index contributed by atoms with van der Waals surface area (Å²) in [6.45, 7) is 0.603. The Hall–Kier alpha value is -2.11. The van der Waals surface area contributed by atoms with Gasteiger partial charge in [-0.05, 0) is 29.8 Å². The van der Waals surface area contributed by atoms with Gasteiger partial charge in [0, 0.05) is 12.1 Å². The van der Waals surface area contributed by atoms with E-state index in [-0.39, 0.29) is 22.8 Å². The molecule has 0 heterocycles. The van der Waals surface area contributed by atoms with Crippen molar-refractivity contribution in [1.82, 2.24) is 0 Å². The van der Waals surface area contributed by atoms with Crippen molar-refractivity contribution in [3.05, 3.63) is 52.8 Å². The largest absolute Gasteiger partial charge is 0.492 e. The summed E-state index contributed by atoms with van der Waals surface area (Å²) in [6, 6.07) is 9.33. The Morgan fingerprint density at radius 1 is 1.32 bits per heavy atom. The van der Waals surface area contributed by atoms with Crippen LogP contribution in [0.5, 0.6) is 5.75 Å². The van der Waals surface area contributed by atoms with E-state index in [0.29, 0.717) is 17.9 Å². The molecular weight excluding hydrogens is 309 g/mol. The van der Waals surface area contributed by atoms with Gasteiger partial charge in [0.05, 0.1) is 17.7 Å². The van der Waals surface area contributed by atoms with Crippen molar-refractivity contribution in [2.24, 2.45) is 5.73 Å². The summed E-state index contributed by atoms with van der Waals surface area (Å²) in [6.07, 6.45) is 0. The number of nitrogens with two attached hydrogens (primary N) is 1. The predicted octanol–water partition coefficient (Wildman–Crippen LogP) is 3.27. The minimum atomic E-state index is -0.559. The van der Waals surface area contributed by atoms with E-state index in [2.05, 4.69) is 0 Å². The fraction of sp³-hybridized carbons (Fsp3) is 0.188. The molecule has 2 rings (SSSR count). The highest BCUT2D eigenvalue weighted by Crippen LogP contribution is 2.31. The van der Waals surface area contributed by atoms with E-state index in [9.17, 15) is 9.18 Å². The Kier molecular flexibility index (Phi) is 5.35. The zero-order valence-corrected chi connectivity index (χ0v) is 12.7. The molecular formula is C16H15ClFNO3. The molecule has 0 aromatic heterocycles. The lowest BCUT2D eigenvalue weighted by Gasteiger charge is -2.11. The summed E-state index contributed by atoms with van der Waals surface area (Å²) in [4.78, 5) is 11.8. The number of rotatable bonds is 5. The van der Waals surface area contributed by atoms with Crippen LogP contribution in [0.1, 0.15) is 10.4 Å². The molecule has 6 heteroatoms. The van der Waals surface area contributed by atoms with Crippen molar-refractivity contribution in [2.75, 3.05) is 20.3 Å². The van der Waals surface area contributed by atoms with Gasteiger partial charge in [-0.25, -0.2) is 9.18 Å². The highest BCUT2D eigenvalue weighted by Gasteiger charge is 2.14. The predicted molar refractivity (Wildman–Crippen MR) is 82.7 cm³/mol. The van der Waals surface area contributed by atoms with Gasteiger partial charge in [0.25, 0.3) is 0 Å². The van der Waals surface area contributed by atoms with Gasteiger partial charge in [-0.2, -0.15) is 0 Å². The quantitative estimate of drug-likeness (QED) is 0.858. The molecule has 0 aliphatic rings. The van der Waals surface area contributed by atoms with Gasteiger partial charge in [0.15, 0.2) is 0 Å². The Balaban J connectivity index is 2.54. The molecule has 0 spiro atoms. The number of hydrogen-bond acceptors (Lipinski definition) is 4. The summed E-state index contributed by atoms with van der Waals surface area (Å²) in [5, 5.41) is 0.00500. The fourth-order valence-electron chi connectivity index (χ4n) is 1.98. The first-order valence-electron chi connectivity index (χ1n) is 6.57. The van der Waals surface area contributed by atoms with Crippen LogP contribution in [0.4, 0.5) is 4.39 Å². The average molecular weight is 324 g/mol. The van der Waals surface area contributed by atoms with Crippen LogP contribution >= 0.6 is 11.6 Å². The third-order valence-electron chi connectivity index (χ3n) is 2.98. The maximum Gasteiger partial charge on any atom is 0.338 e. The zero-order chi connectivity index (χ0) is 16.1. The highest BCUT2D eigenvalue weighted by atomic mass is 35.5. The van der Waals surface area contributed by atoms with Crippen LogP contribution in [-0.2, 0) is 4.74 Å². The molecule has 4 nitrogen and oxygen atoms in total. The molecule has 0 radical (unpaired) electrons. The second-order valence-electron chi connectivity index (χ2n) is 4.48. The number of carbonyl (C=O) groups excluding carboxylic acids is 1. The van der Waals surface area contributed by atoms with Crippen LogP contribution < -0.4 is 10.5 Å². The van der Waals surface area contributed by atoms with Crippen LogP contribution in [-0.4, -0.2) is 26.2 Å². The normalized spacial score (nSPS) is 10.4. The van der Waals surface area contributed by atoms with Crippen LogP contribution in [0.25, 0.3) is 11.1 Å². The van der Waals surface area contributed by atoms with Crippen molar-refractivity contribution < 1.29 is 18.7 Å². The fourth-order valence-corrected chi connectivity index (χ4v) is 2.15. The van der Waals surface area contributed by atoms with E-state index < -0.39 is 11.8 Å². The molecule has 0 aliphatic carbocycles. The summed E-state index contributed by atoms with van der Waals surface area (Å²) in [5.74, 6) is -0.694. The van der Waals surface area contributed by atoms with Gasteiger partial charge in [-0.3, -0.25) is 0 Å². The molecule has 0 bridgehead atoms. The topological polar surface area (TPSA) is 61.5 Å². The molecule has 0 amide bonds. The second-order valence-corrected chi connectivity index (χ2v) is 4.88. The van der Waals surface area contributed by atoms with Crippen LogP contribution in [0.15, 0.2) is 36.4 Å². The molecule has 0 saturated heterocycles. The van der Waals surface area contributed by atoms with Crippen LogP contribution in [0.3, 0.4) is 0 Å². The highest BCUT2D eigenvalue weighted by molar-refractivity contribution is 6.31. The number of esters is 1.